The van der Waals surface area contributed by atoms with E-state index in [9.17, 15) is 0 Å². The van der Waals surface area contributed by atoms with Gasteiger partial charge in [-0.2, -0.15) is 0 Å². The molecule has 0 aliphatic rings. The minimum Gasteiger partial charge on any atom is -0.397 e. The Morgan fingerprint density at radius 3 is 2.00 bits per heavy atom. The van der Waals surface area contributed by atoms with Gasteiger partial charge in [-0.1, -0.05) is 26.7 Å². The molecule has 0 unspecified atom stereocenters. The maximum absolute atomic E-state index is 5.58. The Kier molecular flexibility index (Phi) is 8.81. The van der Waals surface area contributed by atoms with Gasteiger partial charge in [-0.05, 0) is 25.8 Å². The van der Waals surface area contributed by atoms with Gasteiger partial charge in [0.05, 0.1) is 0 Å². The Hall–Kier alpha value is 0.137. The highest BCUT2D eigenvalue weighted by molar-refractivity contribution is 6.44. The molecule has 0 bridgehead atoms. The molecule has 0 rings (SSSR count). The summed E-state index contributed by atoms with van der Waals surface area (Å²) in [4.78, 5) is 0. The van der Waals surface area contributed by atoms with Crippen molar-refractivity contribution in [3.63, 3.8) is 0 Å². The van der Waals surface area contributed by atoms with Gasteiger partial charge in [0.15, 0.2) is 0 Å². The molecule has 0 aromatic heterocycles. The fourth-order valence-electron chi connectivity index (χ4n) is 1.28. The quantitative estimate of drug-likeness (QED) is 0.566. The highest BCUT2D eigenvalue weighted by Crippen LogP contribution is 2.10. The maximum atomic E-state index is 5.58. The molecule has 3 heteroatoms. The Morgan fingerprint density at radius 2 is 1.62 bits per heavy atom. The van der Waals surface area contributed by atoms with Gasteiger partial charge in [0, 0.05) is 13.2 Å². The predicted octanol–water partition coefficient (Wildman–Crippen LogP) is 2.72. The predicted molar refractivity (Wildman–Crippen MR) is 59.3 cm³/mol. The van der Waals surface area contributed by atoms with Crippen LogP contribution in [0.1, 0.15) is 40.5 Å². The van der Waals surface area contributed by atoms with Gasteiger partial charge in [0.25, 0.3) is 0 Å². The van der Waals surface area contributed by atoms with Crippen molar-refractivity contribution in [2.75, 3.05) is 13.2 Å². The monoisotopic (exact) mass is 204 g/mol. The first-order chi connectivity index (χ1) is 6.20. The molecule has 0 radical (unpaired) electrons. The van der Waals surface area contributed by atoms with E-state index >= 15 is 0 Å². The lowest BCUT2D eigenvalue weighted by Crippen LogP contribution is -2.22. The minimum absolute atomic E-state index is 0.804. The summed E-state index contributed by atoms with van der Waals surface area (Å²) in [6.45, 7) is 10.2. The average Bonchev–Trinajstić information content (AvgIpc) is 2.04. The van der Waals surface area contributed by atoms with E-state index < -0.39 is 9.28 Å². The lowest BCUT2D eigenvalue weighted by molar-refractivity contribution is 0.212. The number of hydrogen-bond acceptors (Lipinski definition) is 2. The van der Waals surface area contributed by atoms with Crippen molar-refractivity contribution in [3.8, 4) is 0 Å². The van der Waals surface area contributed by atoms with Crippen LogP contribution < -0.4 is 0 Å². The molecular weight excluding hydrogens is 180 g/mol. The second-order valence-corrected chi connectivity index (χ2v) is 5.77. The van der Waals surface area contributed by atoms with Gasteiger partial charge < -0.3 is 8.85 Å². The summed E-state index contributed by atoms with van der Waals surface area (Å²) >= 11 is 0. The van der Waals surface area contributed by atoms with Gasteiger partial charge in [0.2, 0.25) is 0 Å². The van der Waals surface area contributed by atoms with Crippen LogP contribution in [0.15, 0.2) is 0 Å². The molecule has 2 nitrogen and oxygen atoms in total. The molecule has 0 fully saturated rings. The summed E-state index contributed by atoms with van der Waals surface area (Å²) in [6, 6.07) is 1.17. The molecule has 0 saturated carbocycles. The van der Waals surface area contributed by atoms with Crippen molar-refractivity contribution < 1.29 is 8.85 Å². The SMILES string of the molecule is CCO[SiH](CCCC(C)C)OCC. The van der Waals surface area contributed by atoms with Gasteiger partial charge in [-0.3, -0.25) is 0 Å². The van der Waals surface area contributed by atoms with Crippen LogP contribution in [0.3, 0.4) is 0 Å². The molecule has 80 valence electrons. The van der Waals surface area contributed by atoms with Crippen LogP contribution in [-0.4, -0.2) is 22.5 Å². The smallest absolute Gasteiger partial charge is 0.321 e. The topological polar surface area (TPSA) is 18.5 Å². The lowest BCUT2D eigenvalue weighted by atomic mass is 10.1. The highest BCUT2D eigenvalue weighted by Gasteiger charge is 2.11. The van der Waals surface area contributed by atoms with E-state index in [0.29, 0.717) is 0 Å². The van der Waals surface area contributed by atoms with Crippen molar-refractivity contribution in [1.82, 2.24) is 0 Å². The van der Waals surface area contributed by atoms with Crippen LogP contribution in [0, 0.1) is 5.92 Å². The third-order valence-corrected chi connectivity index (χ3v) is 4.22. The molecule has 0 atom stereocenters. The van der Waals surface area contributed by atoms with Gasteiger partial charge in [-0.25, -0.2) is 0 Å². The third kappa shape index (κ3) is 8.47. The zero-order valence-electron chi connectivity index (χ0n) is 9.51. The van der Waals surface area contributed by atoms with Crippen LogP contribution in [0.2, 0.25) is 6.04 Å². The Bertz CT molecular complexity index is 101. The van der Waals surface area contributed by atoms with E-state index in [2.05, 4.69) is 13.8 Å². The van der Waals surface area contributed by atoms with E-state index in [-0.39, 0.29) is 0 Å². The molecule has 0 spiro atoms. The van der Waals surface area contributed by atoms with Crippen molar-refractivity contribution >= 4 is 9.28 Å². The molecule has 0 aromatic carbocycles. The zero-order valence-corrected chi connectivity index (χ0v) is 10.7. The van der Waals surface area contributed by atoms with Gasteiger partial charge in [-0.15, -0.1) is 0 Å². The van der Waals surface area contributed by atoms with Crippen LogP contribution >= 0.6 is 0 Å². The number of hydrogen-bond donors (Lipinski definition) is 0. The average molecular weight is 204 g/mol. The maximum Gasteiger partial charge on any atom is 0.321 e. The van der Waals surface area contributed by atoms with Crippen molar-refractivity contribution in [1.29, 1.82) is 0 Å². The first kappa shape index (κ1) is 13.1. The van der Waals surface area contributed by atoms with Gasteiger partial charge in [0.1, 0.15) is 0 Å². The molecule has 0 N–H and O–H groups in total. The van der Waals surface area contributed by atoms with Crippen molar-refractivity contribution in [3.05, 3.63) is 0 Å². The van der Waals surface area contributed by atoms with E-state index in [1.165, 1.54) is 18.9 Å². The second-order valence-electron chi connectivity index (χ2n) is 3.66. The second kappa shape index (κ2) is 8.72. The Labute approximate surface area is 84.5 Å². The van der Waals surface area contributed by atoms with Crippen molar-refractivity contribution in [2.45, 2.75) is 46.6 Å². The fraction of sp³-hybridized carbons (Fsp3) is 1.00. The van der Waals surface area contributed by atoms with Gasteiger partial charge >= 0.3 is 9.28 Å². The summed E-state index contributed by atoms with van der Waals surface area (Å²) < 4.78 is 11.2. The summed E-state index contributed by atoms with van der Waals surface area (Å²) in [7, 11) is -1.29. The summed E-state index contributed by atoms with van der Waals surface area (Å²) in [6.07, 6.45) is 2.55. The minimum atomic E-state index is -1.29. The Balaban J connectivity index is 3.44. The molecular formula is C10H24O2Si. The molecule has 0 aliphatic carbocycles. The van der Waals surface area contributed by atoms with E-state index in [4.69, 9.17) is 8.85 Å². The van der Waals surface area contributed by atoms with Crippen LogP contribution in [0.25, 0.3) is 0 Å². The molecule has 0 amide bonds. The van der Waals surface area contributed by atoms with E-state index in [1.54, 1.807) is 0 Å². The largest absolute Gasteiger partial charge is 0.397 e. The summed E-state index contributed by atoms with van der Waals surface area (Å²) in [5, 5.41) is 0. The first-order valence-electron chi connectivity index (χ1n) is 5.43. The van der Waals surface area contributed by atoms with Crippen LogP contribution in [-0.2, 0) is 8.85 Å². The first-order valence-corrected chi connectivity index (χ1v) is 7.19. The van der Waals surface area contributed by atoms with E-state index in [1.807, 2.05) is 13.8 Å². The van der Waals surface area contributed by atoms with E-state index in [0.717, 1.165) is 19.1 Å². The summed E-state index contributed by atoms with van der Waals surface area (Å²) in [5.41, 5.74) is 0. The summed E-state index contributed by atoms with van der Waals surface area (Å²) in [5.74, 6) is 0.804. The van der Waals surface area contributed by atoms with Crippen LogP contribution in [0.5, 0.6) is 0 Å². The van der Waals surface area contributed by atoms with Crippen molar-refractivity contribution in [2.24, 2.45) is 5.92 Å². The zero-order chi connectivity index (χ0) is 10.1. The van der Waals surface area contributed by atoms with Crippen LogP contribution in [0.4, 0.5) is 0 Å². The molecule has 0 heterocycles. The lowest BCUT2D eigenvalue weighted by Gasteiger charge is -2.14. The Morgan fingerprint density at radius 1 is 1.08 bits per heavy atom. The molecule has 13 heavy (non-hydrogen) atoms. The standard InChI is InChI=1S/C10H24O2Si/c1-5-11-13(12-6-2)9-7-8-10(3)4/h10,13H,5-9H2,1-4H3. The fourth-order valence-corrected chi connectivity index (χ4v) is 3.02. The molecule has 0 aromatic rings. The highest BCUT2D eigenvalue weighted by atomic mass is 28.3. The molecule has 0 aliphatic heterocycles. The third-order valence-electron chi connectivity index (χ3n) is 1.93. The normalized spacial score (nSPS) is 11.5. The number of rotatable bonds is 8. The molecule has 0 saturated heterocycles.